The van der Waals surface area contributed by atoms with Crippen LogP contribution in [0.15, 0.2) is 33.6 Å². The van der Waals surface area contributed by atoms with Crippen molar-refractivity contribution in [1.29, 1.82) is 0 Å². The second kappa shape index (κ2) is 7.79. The van der Waals surface area contributed by atoms with Crippen molar-refractivity contribution in [2.45, 2.75) is 26.4 Å². The Morgan fingerprint density at radius 1 is 1.43 bits per heavy atom. The molecule has 1 aromatic carbocycles. The number of carbonyl (C=O) groups is 3. The molecule has 0 saturated carbocycles. The molecule has 0 N–H and O–H groups in total. The van der Waals surface area contributed by atoms with Crippen LogP contribution in [0.4, 0.5) is 4.79 Å². The van der Waals surface area contributed by atoms with Gasteiger partial charge in [-0.1, -0.05) is 35.0 Å². The van der Waals surface area contributed by atoms with E-state index in [1.807, 2.05) is 31.2 Å². The predicted octanol–water partition coefficient (Wildman–Crippen LogP) is 3.83. The van der Waals surface area contributed by atoms with Crippen LogP contribution in [-0.2, 0) is 14.3 Å². The van der Waals surface area contributed by atoms with Crippen molar-refractivity contribution in [2.24, 2.45) is 0 Å². The average Bonchev–Trinajstić information content (AvgIpc) is 2.74. The summed E-state index contributed by atoms with van der Waals surface area (Å²) in [5.74, 6) is -1.05. The molecular weight excluding hydrogens is 382 g/mol. The Balaban J connectivity index is 2.09. The molecule has 122 valence electrons. The van der Waals surface area contributed by atoms with E-state index in [1.54, 1.807) is 13.0 Å². The van der Waals surface area contributed by atoms with Gasteiger partial charge in [0.2, 0.25) is 0 Å². The lowest BCUT2D eigenvalue weighted by Gasteiger charge is -2.14. The number of hydrogen-bond acceptors (Lipinski definition) is 5. The number of benzene rings is 1. The Labute approximate surface area is 147 Å². The highest BCUT2D eigenvalue weighted by atomic mass is 79.9. The van der Waals surface area contributed by atoms with Gasteiger partial charge in [-0.3, -0.25) is 19.3 Å². The zero-order chi connectivity index (χ0) is 17.0. The van der Waals surface area contributed by atoms with Gasteiger partial charge in [0.1, 0.15) is 6.54 Å². The van der Waals surface area contributed by atoms with Crippen molar-refractivity contribution >= 4 is 50.9 Å². The number of thioether (sulfide) groups is 1. The summed E-state index contributed by atoms with van der Waals surface area (Å²) < 4.78 is 5.98. The van der Waals surface area contributed by atoms with E-state index < -0.39 is 17.1 Å². The van der Waals surface area contributed by atoms with Gasteiger partial charge < -0.3 is 4.74 Å². The van der Waals surface area contributed by atoms with Crippen molar-refractivity contribution < 1.29 is 19.1 Å². The van der Waals surface area contributed by atoms with E-state index in [4.69, 9.17) is 4.74 Å². The van der Waals surface area contributed by atoms with Crippen molar-refractivity contribution in [3.05, 3.63) is 39.2 Å². The molecule has 0 aliphatic carbocycles. The topological polar surface area (TPSA) is 63.7 Å². The third-order valence-electron chi connectivity index (χ3n) is 3.21. The zero-order valence-corrected chi connectivity index (χ0v) is 15.1. The second-order valence-electron chi connectivity index (χ2n) is 5.03. The van der Waals surface area contributed by atoms with Crippen molar-refractivity contribution in [3.8, 4) is 0 Å². The van der Waals surface area contributed by atoms with Crippen LogP contribution in [0.2, 0.25) is 0 Å². The van der Waals surface area contributed by atoms with E-state index >= 15 is 0 Å². The highest BCUT2D eigenvalue weighted by Crippen LogP contribution is 2.32. The minimum atomic E-state index is -0.578. The first kappa shape index (κ1) is 17.7. The Morgan fingerprint density at radius 3 is 2.83 bits per heavy atom. The lowest BCUT2D eigenvalue weighted by Crippen LogP contribution is -2.35. The second-order valence-corrected chi connectivity index (χ2v) is 6.94. The molecule has 0 spiro atoms. The van der Waals surface area contributed by atoms with E-state index in [9.17, 15) is 14.4 Å². The normalized spacial score (nSPS) is 17.7. The van der Waals surface area contributed by atoms with Gasteiger partial charge in [-0.15, -0.1) is 0 Å². The first-order chi connectivity index (χ1) is 10.9. The molecule has 2 amide bonds. The number of imide groups is 1. The minimum absolute atomic E-state index is 0.236. The number of hydrogen-bond donors (Lipinski definition) is 0. The highest BCUT2D eigenvalue weighted by molar-refractivity contribution is 9.10. The minimum Gasteiger partial charge on any atom is -0.461 e. The van der Waals surface area contributed by atoms with Gasteiger partial charge in [-0.25, -0.2) is 0 Å². The smallest absolute Gasteiger partial charge is 0.326 e. The van der Waals surface area contributed by atoms with Crippen LogP contribution < -0.4 is 0 Å². The molecule has 0 radical (unpaired) electrons. The van der Waals surface area contributed by atoms with Gasteiger partial charge in [0.05, 0.1) is 11.0 Å². The molecule has 1 atom stereocenters. The molecule has 1 aliphatic rings. The summed E-state index contributed by atoms with van der Waals surface area (Å²) in [5, 5.41) is -0.461. The average molecular weight is 398 g/mol. The van der Waals surface area contributed by atoms with E-state index in [1.165, 1.54) is 0 Å². The summed E-state index contributed by atoms with van der Waals surface area (Å²) in [5.41, 5.74) is 0.798. The number of esters is 1. The lowest BCUT2D eigenvalue weighted by molar-refractivity contribution is -0.150. The van der Waals surface area contributed by atoms with Gasteiger partial charge >= 0.3 is 5.97 Å². The third-order valence-corrected chi connectivity index (χ3v) is 4.62. The van der Waals surface area contributed by atoms with Crippen LogP contribution >= 0.6 is 27.7 Å². The maximum Gasteiger partial charge on any atom is 0.326 e. The van der Waals surface area contributed by atoms with Crippen LogP contribution in [0.5, 0.6) is 0 Å². The molecule has 0 aromatic heterocycles. The SMILES string of the molecule is CC[C@H](C)OC(=O)CN1C(=O)S/C(=C/c2cccc(Br)c2)C1=O. The largest absolute Gasteiger partial charge is 0.461 e. The molecule has 1 aliphatic heterocycles. The Kier molecular flexibility index (Phi) is 6.01. The Bertz CT molecular complexity index is 674. The molecule has 7 heteroatoms. The number of amides is 2. The van der Waals surface area contributed by atoms with Crippen LogP contribution in [0.25, 0.3) is 6.08 Å². The van der Waals surface area contributed by atoms with Gasteiger partial charge in [-0.2, -0.15) is 0 Å². The van der Waals surface area contributed by atoms with Gasteiger partial charge in [-0.05, 0) is 48.9 Å². The van der Waals surface area contributed by atoms with Crippen LogP contribution in [0.3, 0.4) is 0 Å². The van der Waals surface area contributed by atoms with Crippen molar-refractivity contribution in [2.75, 3.05) is 6.54 Å². The van der Waals surface area contributed by atoms with Gasteiger partial charge in [0.15, 0.2) is 0 Å². The van der Waals surface area contributed by atoms with Gasteiger partial charge in [0, 0.05) is 4.47 Å². The Hall–Kier alpha value is -1.60. The van der Waals surface area contributed by atoms with E-state index in [-0.39, 0.29) is 12.6 Å². The summed E-state index contributed by atoms with van der Waals surface area (Å²) in [6.45, 7) is 3.29. The van der Waals surface area contributed by atoms with Gasteiger partial charge in [0.25, 0.3) is 11.1 Å². The number of nitrogens with zero attached hydrogens (tertiary/aromatic N) is 1. The number of ether oxygens (including phenoxy) is 1. The summed E-state index contributed by atoms with van der Waals surface area (Å²) in [4.78, 5) is 37.2. The molecule has 5 nitrogen and oxygen atoms in total. The maximum atomic E-state index is 12.3. The van der Waals surface area contributed by atoms with Crippen LogP contribution in [-0.4, -0.2) is 34.7 Å². The Morgan fingerprint density at radius 2 is 2.17 bits per heavy atom. The lowest BCUT2D eigenvalue weighted by atomic mass is 10.2. The van der Waals surface area contributed by atoms with Crippen molar-refractivity contribution in [3.63, 3.8) is 0 Å². The predicted molar refractivity (Wildman–Crippen MR) is 92.7 cm³/mol. The van der Waals surface area contributed by atoms with E-state index in [2.05, 4.69) is 15.9 Å². The fraction of sp³-hybridized carbons (Fsp3) is 0.312. The first-order valence-corrected chi connectivity index (χ1v) is 8.72. The maximum absolute atomic E-state index is 12.3. The fourth-order valence-electron chi connectivity index (χ4n) is 1.86. The summed E-state index contributed by atoms with van der Waals surface area (Å²) in [6.07, 6.45) is 2.08. The highest BCUT2D eigenvalue weighted by Gasteiger charge is 2.36. The fourth-order valence-corrected chi connectivity index (χ4v) is 3.11. The monoisotopic (exact) mass is 397 g/mol. The molecule has 1 heterocycles. The van der Waals surface area contributed by atoms with Crippen LogP contribution in [0.1, 0.15) is 25.8 Å². The molecule has 0 bridgehead atoms. The van der Waals surface area contributed by atoms with E-state index in [0.717, 1.165) is 26.7 Å². The van der Waals surface area contributed by atoms with E-state index in [0.29, 0.717) is 11.3 Å². The molecule has 2 rings (SSSR count). The third kappa shape index (κ3) is 4.68. The number of rotatable bonds is 5. The summed E-state index contributed by atoms with van der Waals surface area (Å²) in [7, 11) is 0. The molecule has 1 saturated heterocycles. The molecule has 1 aromatic rings. The zero-order valence-electron chi connectivity index (χ0n) is 12.7. The number of halogens is 1. The van der Waals surface area contributed by atoms with Crippen LogP contribution in [0, 0.1) is 0 Å². The summed E-state index contributed by atoms with van der Waals surface area (Å²) >= 11 is 4.18. The molecule has 0 unspecified atom stereocenters. The molecular formula is C16H16BrNO4S. The standard InChI is InChI=1S/C16H16BrNO4S/c1-3-10(2)22-14(19)9-18-15(20)13(23-16(18)21)8-11-5-4-6-12(17)7-11/h4-8,10H,3,9H2,1-2H3/b13-8+/t10-/m0/s1. The quantitative estimate of drug-likeness (QED) is 0.557. The first-order valence-electron chi connectivity index (χ1n) is 7.11. The number of carbonyl (C=O) groups excluding carboxylic acids is 3. The molecule has 1 fully saturated rings. The van der Waals surface area contributed by atoms with Crippen molar-refractivity contribution in [1.82, 2.24) is 4.90 Å². The molecule has 23 heavy (non-hydrogen) atoms. The summed E-state index contributed by atoms with van der Waals surface area (Å²) in [6, 6.07) is 7.37.